The summed E-state index contributed by atoms with van der Waals surface area (Å²) >= 11 is 0. The third kappa shape index (κ3) is 1.85. The number of benzene rings is 1. The van der Waals surface area contributed by atoms with Crippen molar-refractivity contribution in [3.63, 3.8) is 0 Å². The van der Waals surface area contributed by atoms with Crippen LogP contribution in [0.15, 0.2) is 18.2 Å². The molecule has 1 heterocycles. The van der Waals surface area contributed by atoms with Crippen molar-refractivity contribution < 1.29 is 19.4 Å². The fourth-order valence-electron chi connectivity index (χ4n) is 2.32. The quantitative estimate of drug-likeness (QED) is 0.876. The molecule has 0 aromatic heterocycles. The van der Waals surface area contributed by atoms with Gasteiger partial charge in [-0.1, -0.05) is 0 Å². The number of nitrogens with zero attached hydrogens (tertiary/aromatic N) is 1. The molecule has 1 fully saturated rings. The summed E-state index contributed by atoms with van der Waals surface area (Å²) in [5.41, 5.74) is 0.966. The minimum Gasteiger partial charge on any atom is -0.486 e. The lowest BCUT2D eigenvalue weighted by atomic mass is 10.2. The predicted octanol–water partition coefficient (Wildman–Crippen LogP) is 1.37. The highest BCUT2D eigenvalue weighted by atomic mass is 16.6. The normalized spacial score (nSPS) is 24.5. The van der Waals surface area contributed by atoms with E-state index in [1.165, 1.54) is 0 Å². The van der Waals surface area contributed by atoms with Crippen molar-refractivity contribution >= 4 is 11.7 Å². The molecule has 5 nitrogen and oxygen atoms in total. The minimum atomic E-state index is -0.718. The van der Waals surface area contributed by atoms with Gasteiger partial charge in [-0.2, -0.15) is 0 Å². The Morgan fingerprint density at radius 3 is 2.72 bits per heavy atom. The number of carbonyl (C=O) groups is 1. The van der Waals surface area contributed by atoms with Crippen LogP contribution in [0.25, 0.3) is 0 Å². The Hall–Kier alpha value is -1.91. The Kier molecular flexibility index (Phi) is 2.54. The van der Waals surface area contributed by atoms with E-state index in [-0.39, 0.29) is 12.0 Å². The highest BCUT2D eigenvalue weighted by Crippen LogP contribution is 2.40. The lowest BCUT2D eigenvalue weighted by Gasteiger charge is -2.23. The summed E-state index contributed by atoms with van der Waals surface area (Å²) in [5.74, 6) is 0.523. The van der Waals surface area contributed by atoms with Gasteiger partial charge >= 0.3 is 5.97 Å². The van der Waals surface area contributed by atoms with E-state index < -0.39 is 5.97 Å². The SMILES string of the molecule is CN(c1ccc2c(c1)OCCO2)C1CC1C(=O)O. The van der Waals surface area contributed by atoms with Gasteiger partial charge in [0, 0.05) is 24.8 Å². The number of aliphatic carboxylic acids is 1. The summed E-state index contributed by atoms with van der Waals surface area (Å²) in [7, 11) is 1.92. The van der Waals surface area contributed by atoms with Gasteiger partial charge in [-0.25, -0.2) is 0 Å². The van der Waals surface area contributed by atoms with Crippen LogP contribution in [-0.4, -0.2) is 37.4 Å². The fraction of sp³-hybridized carbons (Fsp3) is 0.462. The van der Waals surface area contributed by atoms with Crippen molar-refractivity contribution in [2.24, 2.45) is 5.92 Å². The largest absolute Gasteiger partial charge is 0.486 e. The minimum absolute atomic E-state index is 0.0880. The number of rotatable bonds is 3. The van der Waals surface area contributed by atoms with Crippen LogP contribution < -0.4 is 14.4 Å². The third-order valence-corrected chi connectivity index (χ3v) is 3.50. The van der Waals surface area contributed by atoms with E-state index in [0.29, 0.717) is 19.6 Å². The Labute approximate surface area is 105 Å². The highest BCUT2D eigenvalue weighted by Gasteiger charge is 2.46. The lowest BCUT2D eigenvalue weighted by Crippen LogP contribution is -2.24. The number of hydrogen-bond acceptors (Lipinski definition) is 4. The van der Waals surface area contributed by atoms with Gasteiger partial charge in [0.25, 0.3) is 0 Å². The molecule has 96 valence electrons. The van der Waals surface area contributed by atoms with Crippen molar-refractivity contribution in [3.05, 3.63) is 18.2 Å². The molecule has 0 amide bonds. The summed E-state index contributed by atoms with van der Waals surface area (Å²) in [6, 6.07) is 5.81. The van der Waals surface area contributed by atoms with Crippen LogP contribution in [0.5, 0.6) is 11.5 Å². The smallest absolute Gasteiger partial charge is 0.308 e. The molecule has 5 heteroatoms. The maximum atomic E-state index is 10.9. The predicted molar refractivity (Wildman–Crippen MR) is 65.4 cm³/mol. The molecule has 3 rings (SSSR count). The first-order valence-corrected chi connectivity index (χ1v) is 6.02. The van der Waals surface area contributed by atoms with Crippen molar-refractivity contribution in [3.8, 4) is 11.5 Å². The zero-order valence-corrected chi connectivity index (χ0v) is 10.1. The number of carboxylic acids is 1. The molecule has 2 aliphatic rings. The molecule has 1 saturated carbocycles. The van der Waals surface area contributed by atoms with Crippen molar-refractivity contribution in [1.82, 2.24) is 0 Å². The van der Waals surface area contributed by atoms with Crippen LogP contribution in [0.4, 0.5) is 5.69 Å². The Morgan fingerprint density at radius 1 is 1.33 bits per heavy atom. The summed E-state index contributed by atoms with van der Waals surface area (Å²) in [5, 5.41) is 8.94. The van der Waals surface area contributed by atoms with E-state index in [1.807, 2.05) is 30.1 Å². The molecule has 2 unspecified atom stereocenters. The first-order chi connectivity index (χ1) is 8.66. The summed E-state index contributed by atoms with van der Waals surface area (Å²) in [4.78, 5) is 12.9. The van der Waals surface area contributed by atoms with Crippen LogP contribution in [0.2, 0.25) is 0 Å². The summed E-state index contributed by atoms with van der Waals surface area (Å²) in [6.45, 7) is 1.13. The molecule has 2 atom stereocenters. The van der Waals surface area contributed by atoms with Gasteiger partial charge < -0.3 is 19.5 Å². The van der Waals surface area contributed by atoms with Crippen molar-refractivity contribution in [1.29, 1.82) is 0 Å². The Bertz CT molecular complexity index is 488. The topological polar surface area (TPSA) is 59.0 Å². The molecule has 1 aromatic carbocycles. The molecule has 0 spiro atoms. The standard InChI is InChI=1S/C13H15NO4/c1-14(10-7-9(10)13(15)16)8-2-3-11-12(6-8)18-5-4-17-11/h2-3,6,9-10H,4-5,7H2,1H3,(H,15,16). The number of hydrogen-bond donors (Lipinski definition) is 1. The van der Waals surface area contributed by atoms with Gasteiger partial charge in [0.05, 0.1) is 5.92 Å². The third-order valence-electron chi connectivity index (χ3n) is 3.50. The lowest BCUT2D eigenvalue weighted by molar-refractivity contribution is -0.138. The number of fused-ring (bicyclic) bond motifs is 1. The van der Waals surface area contributed by atoms with E-state index in [1.54, 1.807) is 0 Å². The average Bonchev–Trinajstić information content (AvgIpc) is 3.17. The second-order valence-electron chi connectivity index (χ2n) is 4.69. The van der Waals surface area contributed by atoms with E-state index in [4.69, 9.17) is 14.6 Å². The molecule has 0 saturated heterocycles. The fourth-order valence-corrected chi connectivity index (χ4v) is 2.32. The van der Waals surface area contributed by atoms with Gasteiger partial charge in [0.15, 0.2) is 11.5 Å². The van der Waals surface area contributed by atoms with Crippen molar-refractivity contribution in [2.45, 2.75) is 12.5 Å². The van der Waals surface area contributed by atoms with E-state index in [9.17, 15) is 4.79 Å². The molecule has 1 aromatic rings. The van der Waals surface area contributed by atoms with E-state index in [0.717, 1.165) is 17.2 Å². The maximum Gasteiger partial charge on any atom is 0.308 e. The van der Waals surface area contributed by atoms with Gasteiger partial charge in [0.1, 0.15) is 13.2 Å². The van der Waals surface area contributed by atoms with Gasteiger partial charge in [0.2, 0.25) is 0 Å². The van der Waals surface area contributed by atoms with Gasteiger partial charge in [-0.3, -0.25) is 4.79 Å². The van der Waals surface area contributed by atoms with Crippen LogP contribution in [0.1, 0.15) is 6.42 Å². The molecule has 1 N–H and O–H groups in total. The average molecular weight is 249 g/mol. The molecular formula is C13H15NO4. The molecule has 1 aliphatic heterocycles. The maximum absolute atomic E-state index is 10.9. The van der Waals surface area contributed by atoms with Crippen LogP contribution in [0.3, 0.4) is 0 Å². The van der Waals surface area contributed by atoms with Gasteiger partial charge in [-0.05, 0) is 18.6 Å². The molecule has 0 bridgehead atoms. The zero-order valence-electron chi connectivity index (χ0n) is 10.1. The second kappa shape index (κ2) is 4.08. The van der Waals surface area contributed by atoms with Gasteiger partial charge in [-0.15, -0.1) is 0 Å². The molecule has 1 aliphatic carbocycles. The van der Waals surface area contributed by atoms with Crippen LogP contribution in [-0.2, 0) is 4.79 Å². The van der Waals surface area contributed by atoms with Crippen LogP contribution >= 0.6 is 0 Å². The zero-order chi connectivity index (χ0) is 12.7. The summed E-state index contributed by atoms with van der Waals surface area (Å²) in [6.07, 6.45) is 0.709. The number of ether oxygens (including phenoxy) is 2. The first-order valence-electron chi connectivity index (χ1n) is 6.02. The number of carboxylic acid groups (broad SMARTS) is 1. The van der Waals surface area contributed by atoms with Crippen molar-refractivity contribution in [2.75, 3.05) is 25.2 Å². The Morgan fingerprint density at radius 2 is 2.06 bits per heavy atom. The molecule has 18 heavy (non-hydrogen) atoms. The Balaban J connectivity index is 1.78. The van der Waals surface area contributed by atoms with E-state index in [2.05, 4.69) is 0 Å². The number of anilines is 1. The molecule has 0 radical (unpaired) electrons. The summed E-state index contributed by atoms with van der Waals surface area (Å²) < 4.78 is 11.0. The first kappa shape index (κ1) is 11.2. The molecular weight excluding hydrogens is 234 g/mol. The van der Waals surface area contributed by atoms with E-state index >= 15 is 0 Å². The van der Waals surface area contributed by atoms with Crippen LogP contribution in [0, 0.1) is 5.92 Å². The second-order valence-corrected chi connectivity index (χ2v) is 4.69. The monoisotopic (exact) mass is 249 g/mol. The highest BCUT2D eigenvalue weighted by molar-refractivity contribution is 5.76.